The van der Waals surface area contributed by atoms with Crippen molar-refractivity contribution in [2.45, 2.75) is 64.9 Å². The topological polar surface area (TPSA) is 61.8 Å². The van der Waals surface area contributed by atoms with E-state index in [9.17, 15) is 9.59 Å². The maximum absolute atomic E-state index is 13.1. The van der Waals surface area contributed by atoms with Gasteiger partial charge in [0.15, 0.2) is 23.1 Å². The van der Waals surface area contributed by atoms with Gasteiger partial charge in [0.25, 0.3) is 0 Å². The molecule has 0 N–H and O–H groups in total. The van der Waals surface area contributed by atoms with Crippen molar-refractivity contribution in [1.82, 2.24) is 0 Å². The zero-order chi connectivity index (χ0) is 24.5. The second-order valence-electron chi connectivity index (χ2n) is 9.30. The van der Waals surface area contributed by atoms with E-state index in [1.165, 1.54) is 5.56 Å². The van der Waals surface area contributed by atoms with Crippen LogP contribution in [-0.4, -0.2) is 18.2 Å². The Morgan fingerprint density at radius 3 is 2.14 bits per heavy atom. The third-order valence-electron chi connectivity index (χ3n) is 6.81. The zero-order valence-electron chi connectivity index (χ0n) is 20.1. The summed E-state index contributed by atoms with van der Waals surface area (Å²) in [4.78, 5) is 26.2. The van der Waals surface area contributed by atoms with Crippen LogP contribution in [0.25, 0.3) is 0 Å². The van der Waals surface area contributed by atoms with E-state index in [2.05, 4.69) is 53.8 Å². The van der Waals surface area contributed by atoms with Crippen LogP contribution in [0.3, 0.4) is 0 Å². The monoisotopic (exact) mass is 584 g/mol. The quantitative estimate of drug-likeness (QED) is 0.354. The Kier molecular flexibility index (Phi) is 7.00. The summed E-state index contributed by atoms with van der Waals surface area (Å²) in [7, 11) is 0. The van der Waals surface area contributed by atoms with Crippen LogP contribution in [0.4, 0.5) is 0 Å². The molecule has 0 spiro atoms. The van der Waals surface area contributed by atoms with Crippen molar-refractivity contribution < 1.29 is 23.8 Å². The lowest BCUT2D eigenvalue weighted by Crippen LogP contribution is -2.30. The predicted octanol–water partition coefficient (Wildman–Crippen LogP) is 6.71. The van der Waals surface area contributed by atoms with Crippen molar-refractivity contribution in [3.8, 4) is 11.5 Å². The minimum Gasteiger partial charge on any atom is -0.490 e. The number of aryl methyl sites for hydroxylation is 1. The average Bonchev–Trinajstić information content (AvgIpc) is 2.84. The van der Waals surface area contributed by atoms with Gasteiger partial charge in [0, 0.05) is 42.7 Å². The van der Waals surface area contributed by atoms with E-state index >= 15 is 0 Å². The molecule has 0 radical (unpaired) electrons. The molecule has 5 rings (SSSR count). The number of ketones is 2. The van der Waals surface area contributed by atoms with E-state index in [1.54, 1.807) is 0 Å². The summed E-state index contributed by atoms with van der Waals surface area (Å²) in [6, 6.07) is 12.2. The molecular formula is C29H29IO5. The normalized spacial score (nSPS) is 18.3. The van der Waals surface area contributed by atoms with Crippen molar-refractivity contribution in [2.24, 2.45) is 0 Å². The van der Waals surface area contributed by atoms with Gasteiger partial charge < -0.3 is 14.2 Å². The smallest absolute Gasteiger partial charge is 0.174 e. The van der Waals surface area contributed by atoms with Gasteiger partial charge in [-0.15, -0.1) is 0 Å². The molecule has 3 aliphatic rings. The van der Waals surface area contributed by atoms with Crippen molar-refractivity contribution in [3.63, 3.8) is 0 Å². The number of carbonyl (C=O) groups excluding carboxylic acids is 2. The largest absolute Gasteiger partial charge is 0.490 e. The molecule has 2 aromatic carbocycles. The first-order chi connectivity index (χ1) is 17.0. The molecule has 0 unspecified atom stereocenters. The summed E-state index contributed by atoms with van der Waals surface area (Å²) < 4.78 is 19.3. The lowest BCUT2D eigenvalue weighted by Gasteiger charge is -2.36. The molecule has 6 heteroatoms. The highest BCUT2D eigenvalue weighted by atomic mass is 127. The summed E-state index contributed by atoms with van der Waals surface area (Å²) in [5.74, 6) is 2.54. The predicted molar refractivity (Wildman–Crippen MR) is 141 cm³/mol. The highest BCUT2D eigenvalue weighted by Crippen LogP contribution is 2.49. The zero-order valence-corrected chi connectivity index (χ0v) is 22.3. The number of ether oxygens (including phenoxy) is 3. The van der Waals surface area contributed by atoms with E-state index in [0.29, 0.717) is 48.7 Å². The first kappa shape index (κ1) is 24.1. The lowest BCUT2D eigenvalue weighted by atomic mass is 9.73. The average molecular weight is 584 g/mol. The molecule has 2 aromatic rings. The summed E-state index contributed by atoms with van der Waals surface area (Å²) in [5, 5.41) is 0. The van der Waals surface area contributed by atoms with Crippen LogP contribution in [0, 0.1) is 10.5 Å². The van der Waals surface area contributed by atoms with Crippen LogP contribution >= 0.6 is 22.6 Å². The molecule has 182 valence electrons. The number of benzene rings is 2. The van der Waals surface area contributed by atoms with E-state index in [1.807, 2.05) is 19.1 Å². The van der Waals surface area contributed by atoms with Crippen molar-refractivity contribution >= 4 is 34.2 Å². The number of carbonyl (C=O) groups is 2. The number of rotatable bonds is 6. The Bertz CT molecular complexity index is 1200. The number of Topliss-reactive ketones (excluding diaryl/α,β-unsaturated/α-hetero) is 2. The molecule has 35 heavy (non-hydrogen) atoms. The number of hydrogen-bond acceptors (Lipinski definition) is 5. The summed E-state index contributed by atoms with van der Waals surface area (Å²) in [6.45, 7) is 4.91. The van der Waals surface area contributed by atoms with Crippen molar-refractivity contribution in [3.05, 3.63) is 79.3 Å². The van der Waals surface area contributed by atoms with Gasteiger partial charge >= 0.3 is 0 Å². The first-order valence-corrected chi connectivity index (χ1v) is 13.4. The Morgan fingerprint density at radius 1 is 0.914 bits per heavy atom. The van der Waals surface area contributed by atoms with E-state index in [0.717, 1.165) is 51.9 Å². The van der Waals surface area contributed by atoms with Crippen molar-refractivity contribution in [2.75, 3.05) is 6.61 Å². The van der Waals surface area contributed by atoms with Crippen LogP contribution in [0.15, 0.2) is 59.1 Å². The molecule has 0 fully saturated rings. The van der Waals surface area contributed by atoms with Crippen molar-refractivity contribution in [1.29, 1.82) is 0 Å². The molecule has 0 amide bonds. The van der Waals surface area contributed by atoms with Gasteiger partial charge in [-0.1, -0.05) is 29.8 Å². The minimum atomic E-state index is -0.409. The Balaban J connectivity index is 1.56. The van der Waals surface area contributed by atoms with E-state index < -0.39 is 5.92 Å². The highest BCUT2D eigenvalue weighted by molar-refractivity contribution is 14.1. The Morgan fingerprint density at radius 2 is 1.54 bits per heavy atom. The molecule has 0 saturated heterocycles. The van der Waals surface area contributed by atoms with Crippen LogP contribution in [0.5, 0.6) is 11.5 Å². The van der Waals surface area contributed by atoms with Crippen LogP contribution < -0.4 is 9.47 Å². The number of hydrogen-bond donors (Lipinski definition) is 0. The third kappa shape index (κ3) is 4.77. The standard InChI is InChI=1S/C29H29IO5/c1-3-33-25-15-19(14-20(30)29(25)34-16-18-12-10-17(2)11-13-18)26-27-21(31)6-4-8-23(27)35-24-9-5-7-22(32)28(24)26/h10-15,26H,3-9,16H2,1-2H3. The second kappa shape index (κ2) is 10.2. The van der Waals surface area contributed by atoms with Gasteiger partial charge in [-0.2, -0.15) is 0 Å². The fourth-order valence-electron chi connectivity index (χ4n) is 5.15. The summed E-state index contributed by atoms with van der Waals surface area (Å²) in [6.07, 6.45) is 4.01. The summed E-state index contributed by atoms with van der Waals surface area (Å²) >= 11 is 2.26. The molecule has 5 nitrogen and oxygen atoms in total. The lowest BCUT2D eigenvalue weighted by molar-refractivity contribution is -0.117. The van der Waals surface area contributed by atoms with Crippen LogP contribution in [-0.2, 0) is 20.9 Å². The van der Waals surface area contributed by atoms with Gasteiger partial charge in [-0.3, -0.25) is 9.59 Å². The second-order valence-corrected chi connectivity index (χ2v) is 10.5. The number of allylic oxidation sites excluding steroid dienone is 4. The molecule has 0 saturated carbocycles. The fourth-order valence-corrected chi connectivity index (χ4v) is 5.93. The molecule has 1 heterocycles. The molecule has 2 aliphatic carbocycles. The number of halogens is 1. The van der Waals surface area contributed by atoms with Gasteiger partial charge in [0.2, 0.25) is 0 Å². The molecular weight excluding hydrogens is 555 g/mol. The Labute approximate surface area is 219 Å². The molecule has 0 atom stereocenters. The molecule has 0 bridgehead atoms. The fraction of sp³-hybridized carbons (Fsp3) is 0.379. The maximum atomic E-state index is 13.1. The van der Waals surface area contributed by atoms with E-state index in [-0.39, 0.29) is 11.6 Å². The van der Waals surface area contributed by atoms with Gasteiger partial charge in [0.05, 0.1) is 10.2 Å². The minimum absolute atomic E-state index is 0.0776. The van der Waals surface area contributed by atoms with Gasteiger partial charge in [-0.05, 0) is 72.5 Å². The maximum Gasteiger partial charge on any atom is 0.174 e. The van der Waals surface area contributed by atoms with Crippen LogP contribution in [0.1, 0.15) is 68.1 Å². The summed E-state index contributed by atoms with van der Waals surface area (Å²) in [5.41, 5.74) is 4.46. The van der Waals surface area contributed by atoms with Gasteiger partial charge in [-0.25, -0.2) is 0 Å². The Hall–Kier alpha value is -2.61. The van der Waals surface area contributed by atoms with Gasteiger partial charge in [0.1, 0.15) is 18.1 Å². The third-order valence-corrected chi connectivity index (χ3v) is 7.61. The van der Waals surface area contributed by atoms with E-state index in [4.69, 9.17) is 14.2 Å². The molecule has 1 aliphatic heterocycles. The molecule has 0 aromatic heterocycles. The first-order valence-electron chi connectivity index (χ1n) is 12.3. The highest BCUT2D eigenvalue weighted by Gasteiger charge is 2.42. The van der Waals surface area contributed by atoms with Crippen LogP contribution in [0.2, 0.25) is 0 Å². The SMILES string of the molecule is CCOc1cc(C2C3=C(CCCC3=O)OC3=C2C(=O)CCC3)cc(I)c1OCc1ccc(C)cc1.